The van der Waals surface area contributed by atoms with E-state index in [2.05, 4.69) is 48.9 Å². The zero-order valence-electron chi connectivity index (χ0n) is 10.6. The molecule has 1 aromatic heterocycles. The van der Waals surface area contributed by atoms with Crippen molar-refractivity contribution in [1.29, 1.82) is 0 Å². The number of nitrogens with two attached hydrogens (primary N) is 1. The summed E-state index contributed by atoms with van der Waals surface area (Å²) in [6, 6.07) is 6.88. The molecule has 0 saturated heterocycles. The molecule has 0 fully saturated rings. The molecule has 0 aliphatic rings. The molecule has 2 N–H and O–H groups in total. The van der Waals surface area contributed by atoms with E-state index in [-0.39, 0.29) is 0 Å². The minimum atomic E-state index is 0.442. The van der Waals surface area contributed by atoms with Crippen LogP contribution in [0, 0.1) is 0 Å². The van der Waals surface area contributed by atoms with Crippen LogP contribution in [0.1, 0.15) is 32.4 Å². The Balaban J connectivity index is 2.34. The van der Waals surface area contributed by atoms with Crippen LogP contribution in [0.15, 0.2) is 18.2 Å². The van der Waals surface area contributed by atoms with Crippen molar-refractivity contribution in [1.82, 2.24) is 9.88 Å². The molecule has 4 heteroatoms. The molecule has 2 rings (SSSR count). The molecule has 0 bridgehead atoms. The third-order valence-corrected chi connectivity index (χ3v) is 4.12. The van der Waals surface area contributed by atoms with Gasteiger partial charge in [0.2, 0.25) is 0 Å². The van der Waals surface area contributed by atoms with Crippen molar-refractivity contribution in [2.75, 3.05) is 18.8 Å². The first-order valence-electron chi connectivity index (χ1n) is 6.05. The summed E-state index contributed by atoms with van der Waals surface area (Å²) in [5, 5.41) is 0.646. The van der Waals surface area contributed by atoms with Crippen molar-refractivity contribution >= 4 is 26.7 Å². The summed E-state index contributed by atoms with van der Waals surface area (Å²) in [5.74, 6) is 0. The van der Waals surface area contributed by atoms with E-state index >= 15 is 0 Å². The monoisotopic (exact) mass is 249 g/mol. The lowest BCUT2D eigenvalue weighted by molar-refractivity contribution is 0.234. The number of nitrogens with zero attached hydrogens (tertiary/aromatic N) is 2. The second-order valence-corrected chi connectivity index (χ2v) is 5.24. The minimum Gasteiger partial charge on any atom is -0.375 e. The van der Waals surface area contributed by atoms with Crippen LogP contribution in [-0.2, 0) is 0 Å². The van der Waals surface area contributed by atoms with E-state index in [9.17, 15) is 0 Å². The molecular weight excluding hydrogens is 230 g/mol. The van der Waals surface area contributed by atoms with Crippen LogP contribution >= 0.6 is 11.3 Å². The van der Waals surface area contributed by atoms with E-state index in [0.717, 1.165) is 18.6 Å². The van der Waals surface area contributed by atoms with E-state index in [4.69, 9.17) is 5.73 Å². The second-order valence-electron chi connectivity index (χ2n) is 4.18. The fourth-order valence-corrected chi connectivity index (χ4v) is 2.98. The van der Waals surface area contributed by atoms with Gasteiger partial charge in [-0.2, -0.15) is 0 Å². The predicted molar refractivity (Wildman–Crippen MR) is 75.4 cm³/mol. The number of benzene rings is 1. The van der Waals surface area contributed by atoms with Gasteiger partial charge in [-0.15, -0.1) is 0 Å². The fourth-order valence-electron chi connectivity index (χ4n) is 2.20. The van der Waals surface area contributed by atoms with Gasteiger partial charge in [0, 0.05) is 6.04 Å². The summed E-state index contributed by atoms with van der Waals surface area (Å²) >= 11 is 1.56. The lowest BCUT2D eigenvalue weighted by atomic mass is 10.1. The molecule has 1 heterocycles. The molecule has 1 atom stereocenters. The van der Waals surface area contributed by atoms with E-state index in [0.29, 0.717) is 11.2 Å². The first-order valence-corrected chi connectivity index (χ1v) is 6.87. The van der Waals surface area contributed by atoms with Gasteiger partial charge in [-0.05, 0) is 37.7 Å². The van der Waals surface area contributed by atoms with Crippen molar-refractivity contribution < 1.29 is 0 Å². The highest BCUT2D eigenvalue weighted by Crippen LogP contribution is 2.28. The van der Waals surface area contributed by atoms with Gasteiger partial charge in [-0.25, -0.2) is 4.98 Å². The maximum absolute atomic E-state index is 5.73. The normalized spacial score (nSPS) is 13.4. The van der Waals surface area contributed by atoms with Gasteiger partial charge in [-0.3, -0.25) is 4.90 Å². The lowest BCUT2D eigenvalue weighted by Crippen LogP contribution is -2.26. The highest BCUT2D eigenvalue weighted by Gasteiger charge is 2.13. The molecule has 2 aromatic rings. The Bertz CT molecular complexity index is 502. The molecular formula is C13H19N3S. The zero-order chi connectivity index (χ0) is 12.4. The number of anilines is 1. The van der Waals surface area contributed by atoms with Crippen LogP contribution in [-0.4, -0.2) is 23.0 Å². The Kier molecular flexibility index (Phi) is 3.64. The molecule has 1 unspecified atom stereocenters. The molecule has 3 nitrogen and oxygen atoms in total. The summed E-state index contributed by atoms with van der Waals surface area (Å²) in [5.41, 5.74) is 8.07. The lowest BCUT2D eigenvalue weighted by Gasteiger charge is -2.26. The molecule has 0 aliphatic heterocycles. The average molecular weight is 249 g/mol. The van der Waals surface area contributed by atoms with Gasteiger partial charge >= 0.3 is 0 Å². The summed E-state index contributed by atoms with van der Waals surface area (Å²) < 4.78 is 1.18. The largest absolute Gasteiger partial charge is 0.375 e. The van der Waals surface area contributed by atoms with Gasteiger partial charge in [0.1, 0.15) is 0 Å². The third-order valence-electron chi connectivity index (χ3n) is 3.27. The summed E-state index contributed by atoms with van der Waals surface area (Å²) in [7, 11) is 0. The van der Waals surface area contributed by atoms with E-state index in [1.54, 1.807) is 11.3 Å². The van der Waals surface area contributed by atoms with Crippen LogP contribution in [0.5, 0.6) is 0 Å². The number of hydrogen-bond donors (Lipinski definition) is 1. The quantitative estimate of drug-likeness (QED) is 0.904. The Morgan fingerprint density at radius 2 is 2.06 bits per heavy atom. The van der Waals surface area contributed by atoms with Gasteiger partial charge in [0.15, 0.2) is 5.13 Å². The van der Waals surface area contributed by atoms with Crippen LogP contribution in [0.2, 0.25) is 0 Å². The molecule has 1 aromatic carbocycles. The van der Waals surface area contributed by atoms with Crippen LogP contribution < -0.4 is 5.73 Å². The fraction of sp³-hybridized carbons (Fsp3) is 0.462. The number of rotatable bonds is 4. The van der Waals surface area contributed by atoms with Gasteiger partial charge in [-0.1, -0.05) is 31.3 Å². The minimum absolute atomic E-state index is 0.442. The van der Waals surface area contributed by atoms with E-state index in [1.807, 2.05) is 0 Å². The average Bonchev–Trinajstić information content (AvgIpc) is 2.69. The van der Waals surface area contributed by atoms with Crippen molar-refractivity contribution in [3.8, 4) is 0 Å². The smallest absolute Gasteiger partial charge is 0.181 e. The van der Waals surface area contributed by atoms with Crippen molar-refractivity contribution in [3.63, 3.8) is 0 Å². The first kappa shape index (κ1) is 12.3. The Hall–Kier alpha value is -1.13. The second kappa shape index (κ2) is 5.02. The topological polar surface area (TPSA) is 42.2 Å². The molecule has 92 valence electrons. The highest BCUT2D eigenvalue weighted by atomic mass is 32.1. The molecule has 0 amide bonds. The van der Waals surface area contributed by atoms with Crippen molar-refractivity contribution in [2.24, 2.45) is 0 Å². The number of thiazole rings is 1. The van der Waals surface area contributed by atoms with Gasteiger partial charge in [0.25, 0.3) is 0 Å². The standard InChI is InChI=1S/C13H19N3S/c1-4-16(5-2)9(3)10-6-7-11-12(8-10)17-13(14)15-11/h6-9H,4-5H2,1-3H3,(H2,14,15). The number of fused-ring (bicyclic) bond motifs is 1. The third kappa shape index (κ3) is 2.42. The zero-order valence-corrected chi connectivity index (χ0v) is 11.4. The first-order chi connectivity index (χ1) is 8.15. The molecule has 17 heavy (non-hydrogen) atoms. The van der Waals surface area contributed by atoms with E-state index < -0.39 is 0 Å². The van der Waals surface area contributed by atoms with Gasteiger partial charge < -0.3 is 5.73 Å². The van der Waals surface area contributed by atoms with Crippen LogP contribution in [0.3, 0.4) is 0 Å². The SMILES string of the molecule is CCN(CC)C(C)c1ccc2nc(N)sc2c1. The summed E-state index contributed by atoms with van der Waals surface area (Å²) in [6.45, 7) is 8.78. The maximum atomic E-state index is 5.73. The summed E-state index contributed by atoms with van der Waals surface area (Å²) in [4.78, 5) is 6.72. The van der Waals surface area contributed by atoms with Crippen LogP contribution in [0.4, 0.5) is 5.13 Å². The number of nitrogen functional groups attached to an aromatic ring is 1. The Morgan fingerprint density at radius 3 is 2.71 bits per heavy atom. The Labute approximate surface area is 106 Å². The van der Waals surface area contributed by atoms with Gasteiger partial charge in [0.05, 0.1) is 10.2 Å². The van der Waals surface area contributed by atoms with Crippen molar-refractivity contribution in [3.05, 3.63) is 23.8 Å². The molecule has 0 saturated carbocycles. The number of aromatic nitrogens is 1. The number of hydrogen-bond acceptors (Lipinski definition) is 4. The van der Waals surface area contributed by atoms with Crippen molar-refractivity contribution in [2.45, 2.75) is 26.8 Å². The molecule has 0 aliphatic carbocycles. The summed E-state index contributed by atoms with van der Waals surface area (Å²) in [6.07, 6.45) is 0. The predicted octanol–water partition coefficient (Wildman–Crippen LogP) is 3.28. The van der Waals surface area contributed by atoms with Crippen LogP contribution in [0.25, 0.3) is 10.2 Å². The Morgan fingerprint density at radius 1 is 1.35 bits per heavy atom. The van der Waals surface area contributed by atoms with E-state index in [1.165, 1.54) is 10.3 Å². The molecule has 0 spiro atoms. The maximum Gasteiger partial charge on any atom is 0.181 e. The highest BCUT2D eigenvalue weighted by molar-refractivity contribution is 7.22. The molecule has 0 radical (unpaired) electrons.